The first-order chi connectivity index (χ1) is 10.1. The smallest absolute Gasteiger partial charge is 0.226 e. The molecule has 0 saturated heterocycles. The Morgan fingerprint density at radius 1 is 1.33 bits per heavy atom. The van der Waals surface area contributed by atoms with Gasteiger partial charge >= 0.3 is 0 Å². The van der Waals surface area contributed by atoms with Crippen molar-refractivity contribution in [2.24, 2.45) is 0 Å². The lowest BCUT2D eigenvalue weighted by atomic mass is 9.93. The van der Waals surface area contributed by atoms with Crippen molar-refractivity contribution in [3.05, 3.63) is 36.0 Å². The summed E-state index contributed by atoms with van der Waals surface area (Å²) in [7, 11) is 0. The Balaban J connectivity index is 1.60. The van der Waals surface area contributed by atoms with E-state index in [1.807, 2.05) is 0 Å². The summed E-state index contributed by atoms with van der Waals surface area (Å²) in [6, 6.07) is 3.06. The number of amides is 1. The highest BCUT2D eigenvalue weighted by molar-refractivity contribution is 5.78. The van der Waals surface area contributed by atoms with Gasteiger partial charge in [-0.3, -0.25) is 4.79 Å². The van der Waals surface area contributed by atoms with Crippen LogP contribution in [0, 0.1) is 5.82 Å². The fraction of sp³-hybridized carbons (Fsp3) is 0.467. The number of pyridine rings is 1. The van der Waals surface area contributed by atoms with Crippen LogP contribution in [0.2, 0.25) is 0 Å². The Morgan fingerprint density at radius 2 is 2.10 bits per heavy atom. The Hall–Kier alpha value is -1.95. The van der Waals surface area contributed by atoms with Crippen LogP contribution in [0.3, 0.4) is 0 Å². The molecule has 3 rings (SSSR count). The highest BCUT2D eigenvalue weighted by Crippen LogP contribution is 2.18. The maximum Gasteiger partial charge on any atom is 0.226 e. The number of halogens is 1. The maximum absolute atomic E-state index is 13.1. The summed E-state index contributed by atoms with van der Waals surface area (Å²) in [5.41, 5.74) is 1.24. The largest absolute Gasteiger partial charge is 0.393 e. The van der Waals surface area contributed by atoms with E-state index in [1.54, 1.807) is 16.7 Å². The van der Waals surface area contributed by atoms with Gasteiger partial charge in [-0.1, -0.05) is 0 Å². The Morgan fingerprint density at radius 3 is 2.86 bits per heavy atom. The molecule has 2 heterocycles. The minimum Gasteiger partial charge on any atom is -0.393 e. The van der Waals surface area contributed by atoms with Gasteiger partial charge in [-0.25, -0.2) is 9.37 Å². The molecule has 1 aliphatic rings. The first kappa shape index (κ1) is 14.0. The molecule has 6 heteroatoms. The van der Waals surface area contributed by atoms with E-state index < -0.39 is 0 Å². The van der Waals surface area contributed by atoms with Gasteiger partial charge in [-0.2, -0.15) is 0 Å². The number of hydrogen-bond donors (Lipinski definition) is 2. The molecular formula is C15H18FN3O2. The van der Waals surface area contributed by atoms with Gasteiger partial charge in [0.05, 0.1) is 18.2 Å². The number of fused-ring (bicyclic) bond motifs is 1. The second kappa shape index (κ2) is 5.81. The van der Waals surface area contributed by atoms with E-state index in [2.05, 4.69) is 10.3 Å². The van der Waals surface area contributed by atoms with Gasteiger partial charge in [0.25, 0.3) is 0 Å². The van der Waals surface area contributed by atoms with Crippen molar-refractivity contribution < 1.29 is 14.3 Å². The van der Waals surface area contributed by atoms with Crippen LogP contribution in [0.25, 0.3) is 5.65 Å². The average Bonchev–Trinajstić information content (AvgIpc) is 2.82. The van der Waals surface area contributed by atoms with E-state index in [0.717, 1.165) is 25.7 Å². The molecule has 0 spiro atoms. The standard InChI is InChI=1S/C15H18FN3O2/c16-10-1-6-14-17-12(9-19(14)8-10)7-15(21)18-11-2-4-13(20)5-3-11/h1,6,8-9,11,13,20H,2-5,7H2,(H,18,21). The zero-order chi connectivity index (χ0) is 14.8. The molecule has 0 bridgehead atoms. The molecule has 0 atom stereocenters. The molecule has 2 N–H and O–H groups in total. The maximum atomic E-state index is 13.1. The second-order valence-corrected chi connectivity index (χ2v) is 5.59. The summed E-state index contributed by atoms with van der Waals surface area (Å²) >= 11 is 0. The van der Waals surface area contributed by atoms with E-state index in [9.17, 15) is 14.3 Å². The summed E-state index contributed by atoms with van der Waals surface area (Å²) in [5.74, 6) is -0.420. The number of carbonyl (C=O) groups is 1. The molecule has 1 saturated carbocycles. The second-order valence-electron chi connectivity index (χ2n) is 5.59. The number of aromatic nitrogens is 2. The van der Waals surface area contributed by atoms with Crippen LogP contribution in [0.5, 0.6) is 0 Å². The van der Waals surface area contributed by atoms with Gasteiger partial charge in [0.2, 0.25) is 5.91 Å². The normalized spacial score (nSPS) is 22.4. The zero-order valence-electron chi connectivity index (χ0n) is 11.6. The third-order valence-corrected chi connectivity index (χ3v) is 3.87. The number of aliphatic hydroxyl groups excluding tert-OH is 1. The van der Waals surface area contributed by atoms with E-state index in [1.165, 1.54) is 12.3 Å². The number of rotatable bonds is 3. The topological polar surface area (TPSA) is 66.6 Å². The molecule has 112 valence electrons. The number of aliphatic hydroxyl groups is 1. The van der Waals surface area contributed by atoms with Gasteiger partial charge in [0.1, 0.15) is 11.5 Å². The summed E-state index contributed by atoms with van der Waals surface area (Å²) in [6.45, 7) is 0. The first-order valence-electron chi connectivity index (χ1n) is 7.21. The molecule has 1 amide bonds. The molecule has 5 nitrogen and oxygen atoms in total. The van der Waals surface area contributed by atoms with Crippen molar-refractivity contribution in [3.8, 4) is 0 Å². The predicted octanol–water partition coefficient (Wildman–Crippen LogP) is 1.44. The summed E-state index contributed by atoms with van der Waals surface area (Å²) in [4.78, 5) is 16.3. The predicted molar refractivity (Wildman–Crippen MR) is 75.3 cm³/mol. The zero-order valence-corrected chi connectivity index (χ0v) is 11.6. The van der Waals surface area contributed by atoms with E-state index >= 15 is 0 Å². The van der Waals surface area contributed by atoms with Crippen LogP contribution in [-0.4, -0.2) is 32.5 Å². The fourth-order valence-corrected chi connectivity index (χ4v) is 2.77. The monoisotopic (exact) mass is 291 g/mol. The third-order valence-electron chi connectivity index (χ3n) is 3.87. The first-order valence-corrected chi connectivity index (χ1v) is 7.21. The van der Waals surface area contributed by atoms with Gasteiger partial charge in [0.15, 0.2) is 0 Å². The van der Waals surface area contributed by atoms with Crippen LogP contribution in [0.4, 0.5) is 4.39 Å². The number of nitrogens with one attached hydrogen (secondary N) is 1. The van der Waals surface area contributed by atoms with Gasteiger partial charge in [-0.15, -0.1) is 0 Å². The lowest BCUT2D eigenvalue weighted by Crippen LogP contribution is -2.39. The van der Waals surface area contributed by atoms with Crippen molar-refractivity contribution in [1.29, 1.82) is 0 Å². The van der Waals surface area contributed by atoms with E-state index in [0.29, 0.717) is 11.3 Å². The molecule has 21 heavy (non-hydrogen) atoms. The van der Waals surface area contributed by atoms with Gasteiger partial charge in [0, 0.05) is 18.4 Å². The van der Waals surface area contributed by atoms with Crippen LogP contribution < -0.4 is 5.32 Å². The Kier molecular flexibility index (Phi) is 3.88. The van der Waals surface area contributed by atoms with Crippen LogP contribution >= 0.6 is 0 Å². The van der Waals surface area contributed by atoms with Crippen molar-refractivity contribution in [2.75, 3.05) is 0 Å². The molecule has 2 aromatic rings. The quantitative estimate of drug-likeness (QED) is 0.899. The lowest BCUT2D eigenvalue weighted by molar-refractivity contribution is -0.121. The molecule has 0 unspecified atom stereocenters. The van der Waals surface area contributed by atoms with E-state index in [-0.39, 0.29) is 30.3 Å². The minimum atomic E-state index is -0.336. The van der Waals surface area contributed by atoms with Crippen LogP contribution in [-0.2, 0) is 11.2 Å². The molecule has 0 radical (unpaired) electrons. The molecular weight excluding hydrogens is 273 g/mol. The highest BCUT2D eigenvalue weighted by Gasteiger charge is 2.21. The van der Waals surface area contributed by atoms with Crippen molar-refractivity contribution in [2.45, 2.75) is 44.2 Å². The lowest BCUT2D eigenvalue weighted by Gasteiger charge is -2.26. The van der Waals surface area contributed by atoms with Crippen LogP contribution in [0.15, 0.2) is 24.5 Å². The number of hydrogen-bond acceptors (Lipinski definition) is 3. The SMILES string of the molecule is O=C(Cc1cn2cc(F)ccc2n1)NC1CCC(O)CC1. The van der Waals surface area contributed by atoms with Crippen molar-refractivity contribution in [1.82, 2.24) is 14.7 Å². The number of carbonyl (C=O) groups excluding carboxylic acids is 1. The Labute approximate surface area is 121 Å². The highest BCUT2D eigenvalue weighted by atomic mass is 19.1. The van der Waals surface area contributed by atoms with Crippen molar-refractivity contribution >= 4 is 11.6 Å². The molecule has 1 fully saturated rings. The minimum absolute atomic E-state index is 0.0831. The molecule has 1 aliphatic carbocycles. The molecule has 0 aliphatic heterocycles. The van der Waals surface area contributed by atoms with Gasteiger partial charge in [-0.05, 0) is 37.8 Å². The van der Waals surface area contributed by atoms with Crippen molar-refractivity contribution in [3.63, 3.8) is 0 Å². The number of nitrogens with zero attached hydrogens (tertiary/aromatic N) is 2. The molecule has 0 aromatic carbocycles. The Bertz CT molecular complexity index is 647. The van der Waals surface area contributed by atoms with E-state index in [4.69, 9.17) is 0 Å². The number of imidazole rings is 1. The average molecular weight is 291 g/mol. The third kappa shape index (κ3) is 3.39. The van der Waals surface area contributed by atoms with Gasteiger partial charge < -0.3 is 14.8 Å². The molecule has 2 aromatic heterocycles. The summed E-state index contributed by atoms with van der Waals surface area (Å²) in [5, 5.41) is 12.4. The fourth-order valence-electron chi connectivity index (χ4n) is 2.77. The summed E-state index contributed by atoms with van der Waals surface area (Å²) < 4.78 is 14.7. The van der Waals surface area contributed by atoms with Crippen LogP contribution in [0.1, 0.15) is 31.4 Å². The summed E-state index contributed by atoms with van der Waals surface area (Å²) in [6.07, 6.45) is 6.05.